The van der Waals surface area contributed by atoms with Crippen LogP contribution in [-0.4, -0.2) is 23.2 Å². The van der Waals surface area contributed by atoms with Gasteiger partial charge in [0.15, 0.2) is 11.6 Å². The Morgan fingerprint density at radius 3 is 2.88 bits per heavy atom. The van der Waals surface area contributed by atoms with E-state index in [1.165, 1.54) is 0 Å². The van der Waals surface area contributed by atoms with Crippen molar-refractivity contribution in [3.05, 3.63) is 23.9 Å². The molecule has 2 fully saturated rings. The van der Waals surface area contributed by atoms with Crippen molar-refractivity contribution in [1.82, 2.24) is 4.98 Å². The van der Waals surface area contributed by atoms with Crippen molar-refractivity contribution in [3.8, 4) is 0 Å². The first-order chi connectivity index (χ1) is 7.72. The van der Waals surface area contributed by atoms with Crippen LogP contribution < -0.4 is 5.32 Å². The van der Waals surface area contributed by atoms with Crippen LogP contribution in [0.5, 0.6) is 0 Å². The van der Waals surface area contributed by atoms with Gasteiger partial charge in [0.2, 0.25) is 0 Å². The number of rotatable bonds is 2. The lowest BCUT2D eigenvalue weighted by Crippen LogP contribution is -2.31. The summed E-state index contributed by atoms with van der Waals surface area (Å²) in [5.41, 5.74) is 0. The molecule has 0 aliphatic carbocycles. The molecule has 3 atom stereocenters. The summed E-state index contributed by atoms with van der Waals surface area (Å²) in [6.45, 7) is 0. The topological polar surface area (TPSA) is 34.2 Å². The molecule has 2 bridgehead atoms. The van der Waals surface area contributed by atoms with Gasteiger partial charge >= 0.3 is 0 Å². The maximum Gasteiger partial charge on any atom is 0.168 e. The smallest absolute Gasteiger partial charge is 0.168 e. The van der Waals surface area contributed by atoms with E-state index in [4.69, 9.17) is 4.74 Å². The Morgan fingerprint density at radius 2 is 2.25 bits per heavy atom. The first-order valence-corrected chi connectivity index (χ1v) is 5.45. The molecule has 1 aromatic rings. The van der Waals surface area contributed by atoms with Crippen molar-refractivity contribution in [3.63, 3.8) is 0 Å². The van der Waals surface area contributed by atoms with Crippen molar-refractivity contribution >= 4 is 5.82 Å². The van der Waals surface area contributed by atoms with E-state index in [2.05, 4.69) is 10.3 Å². The zero-order valence-corrected chi connectivity index (χ0v) is 8.62. The molecule has 0 spiro atoms. The summed E-state index contributed by atoms with van der Waals surface area (Å²) in [5.74, 6) is -1.20. The van der Waals surface area contributed by atoms with Gasteiger partial charge < -0.3 is 10.1 Å². The van der Waals surface area contributed by atoms with E-state index in [1.807, 2.05) is 0 Å². The number of halogens is 2. The summed E-state index contributed by atoms with van der Waals surface area (Å²) in [5, 5.41) is 2.99. The average molecular weight is 226 g/mol. The summed E-state index contributed by atoms with van der Waals surface area (Å²) in [6, 6.07) is 0.940. The van der Waals surface area contributed by atoms with E-state index >= 15 is 0 Å². The first kappa shape index (κ1) is 9.96. The van der Waals surface area contributed by atoms with Crippen LogP contribution in [0.4, 0.5) is 14.6 Å². The highest BCUT2D eigenvalue weighted by molar-refractivity contribution is 5.38. The third-order valence-corrected chi connectivity index (χ3v) is 3.24. The van der Waals surface area contributed by atoms with E-state index in [0.29, 0.717) is 6.10 Å². The van der Waals surface area contributed by atoms with Gasteiger partial charge in [-0.25, -0.2) is 13.8 Å². The first-order valence-electron chi connectivity index (χ1n) is 5.45. The van der Waals surface area contributed by atoms with E-state index in [9.17, 15) is 8.78 Å². The lowest BCUT2D eigenvalue weighted by atomic mass is 9.95. The molecule has 2 aliphatic rings. The minimum atomic E-state index is -0.660. The second-order valence-corrected chi connectivity index (χ2v) is 4.34. The molecular formula is C11H12F2N2O. The van der Waals surface area contributed by atoms with Gasteiger partial charge in [0, 0.05) is 6.07 Å². The zero-order valence-electron chi connectivity index (χ0n) is 8.62. The van der Waals surface area contributed by atoms with E-state index in [1.54, 1.807) is 0 Å². The Balaban J connectivity index is 1.74. The summed E-state index contributed by atoms with van der Waals surface area (Å²) in [6.07, 6.45) is 4.43. The van der Waals surface area contributed by atoms with Crippen LogP contribution in [0.15, 0.2) is 12.3 Å². The van der Waals surface area contributed by atoms with Crippen LogP contribution in [-0.2, 0) is 4.74 Å². The Bertz CT molecular complexity index is 413. The summed E-state index contributed by atoms with van der Waals surface area (Å²) < 4.78 is 31.6. The highest BCUT2D eigenvalue weighted by Crippen LogP contribution is 2.35. The van der Waals surface area contributed by atoms with Crippen molar-refractivity contribution in [1.29, 1.82) is 0 Å². The van der Waals surface area contributed by atoms with E-state index < -0.39 is 11.6 Å². The second-order valence-electron chi connectivity index (χ2n) is 4.34. The quantitative estimate of drug-likeness (QED) is 0.838. The number of nitrogens with zero attached hydrogens (tertiary/aromatic N) is 1. The van der Waals surface area contributed by atoms with Crippen molar-refractivity contribution in [2.75, 3.05) is 5.32 Å². The number of hydrogen-bond acceptors (Lipinski definition) is 3. The fraction of sp³-hybridized carbons (Fsp3) is 0.545. The number of aromatic nitrogens is 1. The molecule has 3 nitrogen and oxygen atoms in total. The molecule has 3 unspecified atom stereocenters. The third-order valence-electron chi connectivity index (χ3n) is 3.24. The van der Waals surface area contributed by atoms with Gasteiger partial charge in [-0.2, -0.15) is 0 Å². The van der Waals surface area contributed by atoms with Crippen LogP contribution in [0, 0.1) is 11.6 Å². The molecule has 86 valence electrons. The minimum Gasteiger partial charge on any atom is -0.373 e. The molecule has 0 aromatic carbocycles. The minimum absolute atomic E-state index is 0.103. The summed E-state index contributed by atoms with van der Waals surface area (Å²) >= 11 is 0. The highest BCUT2D eigenvalue weighted by Gasteiger charge is 2.41. The summed E-state index contributed by atoms with van der Waals surface area (Å²) in [7, 11) is 0. The van der Waals surface area contributed by atoms with Crippen molar-refractivity contribution in [2.45, 2.75) is 37.5 Å². The van der Waals surface area contributed by atoms with Crippen LogP contribution in [0.3, 0.4) is 0 Å². The number of anilines is 1. The molecule has 1 N–H and O–H groups in total. The maximum absolute atomic E-state index is 13.3. The van der Waals surface area contributed by atoms with Gasteiger partial charge in [-0.05, 0) is 19.3 Å². The standard InChI is InChI=1S/C11H12F2N2O/c12-6-3-8(13)11(14-5-6)15-9-4-7-1-2-10(9)16-7/h3,5,7,9-10H,1-2,4H2,(H,14,15). The molecule has 2 aliphatic heterocycles. The number of hydrogen-bond donors (Lipinski definition) is 1. The fourth-order valence-electron chi connectivity index (χ4n) is 2.49. The predicted molar refractivity (Wildman–Crippen MR) is 54.1 cm³/mol. The Morgan fingerprint density at radius 1 is 1.38 bits per heavy atom. The molecule has 16 heavy (non-hydrogen) atoms. The molecule has 0 saturated carbocycles. The predicted octanol–water partition coefficient (Wildman–Crippen LogP) is 2.09. The molecule has 5 heteroatoms. The normalized spacial score (nSPS) is 32.0. The molecule has 0 radical (unpaired) electrons. The molecule has 0 amide bonds. The van der Waals surface area contributed by atoms with Crippen molar-refractivity contribution in [2.24, 2.45) is 0 Å². The van der Waals surface area contributed by atoms with Crippen molar-refractivity contribution < 1.29 is 13.5 Å². The molecule has 2 saturated heterocycles. The molecular weight excluding hydrogens is 214 g/mol. The van der Waals surface area contributed by atoms with E-state index in [-0.39, 0.29) is 18.0 Å². The lowest BCUT2D eigenvalue weighted by Gasteiger charge is -2.20. The van der Waals surface area contributed by atoms with E-state index in [0.717, 1.165) is 31.5 Å². The molecule has 3 heterocycles. The van der Waals surface area contributed by atoms with Crippen LogP contribution in [0.2, 0.25) is 0 Å². The number of nitrogens with one attached hydrogen (secondary N) is 1. The fourth-order valence-corrected chi connectivity index (χ4v) is 2.49. The van der Waals surface area contributed by atoms with Gasteiger partial charge in [-0.1, -0.05) is 0 Å². The van der Waals surface area contributed by atoms with Gasteiger partial charge in [0.25, 0.3) is 0 Å². The number of fused-ring (bicyclic) bond motifs is 2. The SMILES string of the molecule is Fc1cnc(NC2CC3CCC2O3)c(F)c1. The zero-order chi connectivity index (χ0) is 11.1. The summed E-state index contributed by atoms with van der Waals surface area (Å²) in [4.78, 5) is 3.71. The van der Waals surface area contributed by atoms with Crippen LogP contribution >= 0.6 is 0 Å². The third kappa shape index (κ3) is 1.65. The van der Waals surface area contributed by atoms with Gasteiger partial charge in [0.05, 0.1) is 24.4 Å². The van der Waals surface area contributed by atoms with Gasteiger partial charge in [0.1, 0.15) is 5.82 Å². The van der Waals surface area contributed by atoms with Crippen LogP contribution in [0.25, 0.3) is 0 Å². The maximum atomic E-state index is 13.3. The molecule has 3 rings (SSSR count). The van der Waals surface area contributed by atoms with Crippen LogP contribution in [0.1, 0.15) is 19.3 Å². The monoisotopic (exact) mass is 226 g/mol. The largest absolute Gasteiger partial charge is 0.373 e. The highest BCUT2D eigenvalue weighted by atomic mass is 19.1. The number of pyridine rings is 1. The second kappa shape index (κ2) is 3.66. The average Bonchev–Trinajstić information content (AvgIpc) is 2.84. The Kier molecular flexibility index (Phi) is 2.28. The molecule has 1 aromatic heterocycles. The Hall–Kier alpha value is -1.23. The van der Waals surface area contributed by atoms with Gasteiger partial charge in [-0.15, -0.1) is 0 Å². The lowest BCUT2D eigenvalue weighted by molar-refractivity contribution is 0.102. The van der Waals surface area contributed by atoms with Gasteiger partial charge in [-0.3, -0.25) is 0 Å². The Labute approximate surface area is 91.8 Å². The number of ether oxygens (including phenoxy) is 1.